The number of anilines is 2. The average Bonchev–Trinajstić information content (AvgIpc) is 3.14. The van der Waals surface area contributed by atoms with Gasteiger partial charge < -0.3 is 9.32 Å². The number of rotatable bonds is 0. The Labute approximate surface area is 157 Å². The molecule has 4 aromatic rings. The summed E-state index contributed by atoms with van der Waals surface area (Å²) in [5, 5.41) is 2.42. The van der Waals surface area contributed by atoms with E-state index in [-0.39, 0.29) is 0 Å². The zero-order valence-electron chi connectivity index (χ0n) is 14.9. The third-order valence-corrected chi connectivity index (χ3v) is 6.38. The van der Waals surface area contributed by atoms with Crippen LogP contribution in [0.25, 0.3) is 27.5 Å². The minimum atomic E-state index is 0.325. The van der Waals surface area contributed by atoms with Crippen molar-refractivity contribution in [2.75, 3.05) is 4.90 Å². The molecule has 1 aromatic heterocycles. The first kappa shape index (κ1) is 13.9. The van der Waals surface area contributed by atoms with E-state index in [2.05, 4.69) is 78.6 Å². The van der Waals surface area contributed by atoms with Crippen LogP contribution in [0.5, 0.6) is 0 Å². The number of hydrogen-bond acceptors (Lipinski definition) is 2. The highest BCUT2D eigenvalue weighted by atomic mass is 16.3. The van der Waals surface area contributed by atoms with Crippen LogP contribution in [0.1, 0.15) is 22.6 Å². The van der Waals surface area contributed by atoms with Gasteiger partial charge in [0.15, 0.2) is 0 Å². The van der Waals surface area contributed by atoms with Crippen molar-refractivity contribution in [3.63, 3.8) is 0 Å². The second-order valence-electron chi connectivity index (χ2n) is 7.86. The van der Waals surface area contributed by atoms with Crippen molar-refractivity contribution in [3.05, 3.63) is 89.5 Å². The number of para-hydroxylation sites is 1. The number of furan rings is 1. The molecule has 0 saturated heterocycles. The monoisotopic (exact) mass is 347 g/mol. The molecular weight excluding hydrogens is 330 g/mol. The van der Waals surface area contributed by atoms with Crippen molar-refractivity contribution in [1.82, 2.24) is 0 Å². The maximum Gasteiger partial charge on any atom is 0.141 e. The minimum absolute atomic E-state index is 0.325. The molecule has 0 amide bonds. The fraction of sp³-hybridized carbons (Fsp3) is 0.120. The summed E-state index contributed by atoms with van der Waals surface area (Å²) in [7, 11) is 0. The molecule has 4 heterocycles. The van der Waals surface area contributed by atoms with Crippen molar-refractivity contribution in [3.8, 4) is 0 Å². The van der Waals surface area contributed by atoms with E-state index in [4.69, 9.17) is 4.42 Å². The lowest BCUT2D eigenvalue weighted by Gasteiger charge is -2.26. The summed E-state index contributed by atoms with van der Waals surface area (Å²) in [6.45, 7) is 2.17. The smallest absolute Gasteiger partial charge is 0.141 e. The van der Waals surface area contributed by atoms with E-state index >= 15 is 0 Å². The van der Waals surface area contributed by atoms with Crippen LogP contribution in [0, 0.1) is 6.92 Å². The first-order chi connectivity index (χ1) is 13.3. The Morgan fingerprint density at radius 3 is 2.78 bits per heavy atom. The molecule has 0 spiro atoms. The topological polar surface area (TPSA) is 16.4 Å². The first-order valence-electron chi connectivity index (χ1n) is 9.54. The van der Waals surface area contributed by atoms with Gasteiger partial charge >= 0.3 is 0 Å². The average molecular weight is 347 g/mol. The van der Waals surface area contributed by atoms with Crippen LogP contribution in [0.3, 0.4) is 0 Å². The fourth-order valence-corrected chi connectivity index (χ4v) is 5.22. The molecule has 2 unspecified atom stereocenters. The van der Waals surface area contributed by atoms with Gasteiger partial charge in [-0.05, 0) is 42.8 Å². The molecule has 1 aliphatic carbocycles. The molecule has 4 bridgehead atoms. The predicted octanol–water partition coefficient (Wildman–Crippen LogP) is 6.47. The van der Waals surface area contributed by atoms with Gasteiger partial charge in [-0.3, -0.25) is 0 Å². The third-order valence-electron chi connectivity index (χ3n) is 6.38. The number of aryl methyl sites for hydroxylation is 1. The number of benzene rings is 3. The van der Waals surface area contributed by atoms with Gasteiger partial charge in [-0.25, -0.2) is 0 Å². The van der Waals surface area contributed by atoms with Gasteiger partial charge in [0.05, 0.1) is 6.04 Å². The summed E-state index contributed by atoms with van der Waals surface area (Å²) in [5.74, 6) is 0.331. The first-order valence-corrected chi connectivity index (χ1v) is 9.54. The fourth-order valence-electron chi connectivity index (χ4n) is 5.22. The molecule has 3 aliphatic heterocycles. The highest BCUT2D eigenvalue weighted by Gasteiger charge is 2.43. The van der Waals surface area contributed by atoms with Crippen molar-refractivity contribution < 1.29 is 4.42 Å². The van der Waals surface area contributed by atoms with Gasteiger partial charge in [0.2, 0.25) is 0 Å². The van der Waals surface area contributed by atoms with E-state index in [0.717, 1.165) is 11.2 Å². The van der Waals surface area contributed by atoms with Crippen LogP contribution in [0.2, 0.25) is 0 Å². The molecule has 0 saturated carbocycles. The number of fused-ring (bicyclic) bond motifs is 5. The molecule has 0 N–H and O–H groups in total. The Hall–Kier alpha value is -3.26. The Morgan fingerprint density at radius 1 is 0.926 bits per heavy atom. The Bertz CT molecular complexity index is 1350. The van der Waals surface area contributed by atoms with Crippen LogP contribution in [0.15, 0.2) is 77.2 Å². The summed E-state index contributed by atoms with van der Waals surface area (Å²) < 4.78 is 6.38. The summed E-state index contributed by atoms with van der Waals surface area (Å²) in [4.78, 5) is 2.51. The van der Waals surface area contributed by atoms with Crippen molar-refractivity contribution in [2.24, 2.45) is 0 Å². The molecule has 128 valence electrons. The SMILES string of the molecule is Cc1ccc2c(c1)C1=CC3c4c(ccc5c4oc4ccccc45)N2C3C=C1. The molecule has 27 heavy (non-hydrogen) atoms. The van der Waals surface area contributed by atoms with E-state index in [0.29, 0.717) is 12.0 Å². The standard InChI is InChI=1S/C25H17NO/c1-14-6-9-20-18(12-14)15-7-10-21-19(13-15)24-22(26(20)21)11-8-17-16-4-2-3-5-23(16)27-25(17)24/h2-13,19,21H,1H3. The summed E-state index contributed by atoms with van der Waals surface area (Å²) in [6, 6.07) is 20.0. The Balaban J connectivity index is 1.61. The summed E-state index contributed by atoms with van der Waals surface area (Å²) in [6.07, 6.45) is 7.10. The van der Waals surface area contributed by atoms with Gasteiger partial charge in [0, 0.05) is 39.2 Å². The van der Waals surface area contributed by atoms with Gasteiger partial charge in [-0.15, -0.1) is 0 Å². The Kier molecular flexibility index (Phi) is 2.33. The zero-order valence-corrected chi connectivity index (χ0v) is 14.9. The quantitative estimate of drug-likeness (QED) is 0.363. The predicted molar refractivity (Wildman–Crippen MR) is 111 cm³/mol. The number of nitrogens with zero attached hydrogens (tertiary/aromatic N) is 1. The summed E-state index contributed by atoms with van der Waals surface area (Å²) >= 11 is 0. The highest BCUT2D eigenvalue weighted by Crippen LogP contribution is 2.56. The van der Waals surface area contributed by atoms with Crippen molar-refractivity contribution in [2.45, 2.75) is 18.9 Å². The lowest BCUT2D eigenvalue weighted by atomic mass is 9.86. The van der Waals surface area contributed by atoms with E-state index in [1.165, 1.54) is 44.4 Å². The number of hydrogen-bond donors (Lipinski definition) is 0. The summed E-state index contributed by atoms with van der Waals surface area (Å²) in [5.41, 5.74) is 9.91. The van der Waals surface area contributed by atoms with Crippen LogP contribution in [0.4, 0.5) is 11.4 Å². The van der Waals surface area contributed by atoms with E-state index in [9.17, 15) is 0 Å². The molecule has 4 aliphatic rings. The van der Waals surface area contributed by atoms with Gasteiger partial charge in [0.1, 0.15) is 11.2 Å². The minimum Gasteiger partial charge on any atom is -0.456 e. The van der Waals surface area contributed by atoms with Crippen LogP contribution < -0.4 is 4.90 Å². The third kappa shape index (κ3) is 1.58. The molecule has 0 radical (unpaired) electrons. The maximum absolute atomic E-state index is 6.38. The molecule has 8 rings (SSSR count). The van der Waals surface area contributed by atoms with E-state index < -0.39 is 0 Å². The van der Waals surface area contributed by atoms with E-state index in [1.807, 2.05) is 6.07 Å². The second-order valence-corrected chi connectivity index (χ2v) is 7.86. The largest absolute Gasteiger partial charge is 0.456 e. The molecule has 2 heteroatoms. The van der Waals surface area contributed by atoms with Crippen molar-refractivity contribution >= 4 is 38.9 Å². The van der Waals surface area contributed by atoms with Crippen LogP contribution in [-0.4, -0.2) is 6.04 Å². The molecular formula is C25H17NO. The van der Waals surface area contributed by atoms with E-state index in [1.54, 1.807) is 0 Å². The molecule has 3 aromatic carbocycles. The van der Waals surface area contributed by atoms with Crippen LogP contribution in [-0.2, 0) is 0 Å². The molecule has 2 nitrogen and oxygen atoms in total. The van der Waals surface area contributed by atoms with Gasteiger partial charge in [-0.2, -0.15) is 0 Å². The maximum atomic E-state index is 6.38. The van der Waals surface area contributed by atoms with Crippen LogP contribution >= 0.6 is 0 Å². The molecule has 0 fully saturated rings. The Morgan fingerprint density at radius 2 is 1.81 bits per heavy atom. The normalized spacial score (nSPS) is 21.5. The van der Waals surface area contributed by atoms with Gasteiger partial charge in [0.25, 0.3) is 0 Å². The lowest BCUT2D eigenvalue weighted by molar-refractivity contribution is 0.657. The zero-order chi connectivity index (χ0) is 17.7. The lowest BCUT2D eigenvalue weighted by Crippen LogP contribution is -2.27. The molecule has 2 atom stereocenters. The number of allylic oxidation sites excluding steroid dienone is 2. The van der Waals surface area contributed by atoms with Gasteiger partial charge in [-0.1, -0.05) is 48.1 Å². The highest BCUT2D eigenvalue weighted by molar-refractivity contribution is 6.09. The second kappa shape index (κ2) is 4.52. The van der Waals surface area contributed by atoms with Crippen molar-refractivity contribution in [1.29, 1.82) is 0 Å².